The van der Waals surface area contributed by atoms with Crippen LogP contribution in [-0.4, -0.2) is 36.3 Å². The number of anilines is 1. The minimum Gasteiger partial charge on any atom is -0.291 e. The number of benzene rings is 1. The summed E-state index contributed by atoms with van der Waals surface area (Å²) in [5.41, 5.74) is 0.618. The van der Waals surface area contributed by atoms with E-state index in [-0.39, 0.29) is 18.2 Å². The predicted octanol–water partition coefficient (Wildman–Crippen LogP) is 2.20. The highest BCUT2D eigenvalue weighted by atomic mass is 79.9. The van der Waals surface area contributed by atoms with Gasteiger partial charge in [-0.05, 0) is 31.3 Å². The number of halogens is 1. The number of hydrogen-bond donors (Lipinski definition) is 0. The Morgan fingerprint density at radius 3 is 2.63 bits per heavy atom. The Bertz CT molecular complexity index is 513. The zero-order valence-corrected chi connectivity index (χ0v) is 12.3. The minimum absolute atomic E-state index is 0.159. The van der Waals surface area contributed by atoms with Crippen LogP contribution in [0.15, 0.2) is 41.4 Å². The molecule has 1 aromatic carbocycles. The maximum absolute atomic E-state index is 12.3. The first-order chi connectivity index (χ1) is 9.04. The molecule has 0 N–H and O–H groups in total. The zero-order chi connectivity index (χ0) is 14.0. The second kappa shape index (κ2) is 5.67. The second-order valence-corrected chi connectivity index (χ2v) is 5.41. The molecule has 1 aliphatic rings. The number of carbonyl (C=O) groups excluding carboxylic acids is 2. The molecule has 0 bridgehead atoms. The highest BCUT2D eigenvalue weighted by molar-refractivity contribution is 9.10. The molecule has 2 rings (SSSR count). The molecule has 1 atom stereocenters. The van der Waals surface area contributed by atoms with Crippen molar-refractivity contribution in [2.45, 2.75) is 12.5 Å². The van der Waals surface area contributed by atoms with Crippen LogP contribution in [0, 0.1) is 0 Å². The predicted molar refractivity (Wildman–Crippen MR) is 77.9 cm³/mol. The molecule has 2 amide bonds. The summed E-state index contributed by atoms with van der Waals surface area (Å²) in [5, 5.41) is 0. The lowest BCUT2D eigenvalue weighted by Gasteiger charge is -2.21. The average molecular weight is 323 g/mol. The molecule has 0 radical (unpaired) electrons. The molecule has 0 aliphatic carbocycles. The molecule has 1 saturated heterocycles. The van der Waals surface area contributed by atoms with Crippen LogP contribution in [0.5, 0.6) is 0 Å². The van der Waals surface area contributed by atoms with Gasteiger partial charge in [0.1, 0.15) is 0 Å². The van der Waals surface area contributed by atoms with Crippen LogP contribution in [0.25, 0.3) is 0 Å². The fourth-order valence-electron chi connectivity index (χ4n) is 2.15. The van der Waals surface area contributed by atoms with Crippen molar-refractivity contribution in [3.05, 3.63) is 41.4 Å². The summed E-state index contributed by atoms with van der Waals surface area (Å²) in [6.45, 7) is 4.23. The van der Waals surface area contributed by atoms with E-state index in [0.29, 0.717) is 12.2 Å². The van der Waals surface area contributed by atoms with Crippen LogP contribution in [0.3, 0.4) is 0 Å². The highest BCUT2D eigenvalue weighted by Crippen LogP contribution is 2.26. The van der Waals surface area contributed by atoms with E-state index < -0.39 is 6.04 Å². The number of imide groups is 1. The SMILES string of the molecule is C=CCN(C)C1CC(=O)N(c2ccc(Br)cc2)C1=O. The quantitative estimate of drug-likeness (QED) is 0.630. The highest BCUT2D eigenvalue weighted by Gasteiger charge is 2.41. The monoisotopic (exact) mass is 322 g/mol. The summed E-state index contributed by atoms with van der Waals surface area (Å²) in [4.78, 5) is 27.5. The van der Waals surface area contributed by atoms with Crippen molar-refractivity contribution in [2.24, 2.45) is 0 Å². The maximum Gasteiger partial charge on any atom is 0.251 e. The van der Waals surface area contributed by atoms with Crippen LogP contribution in [0.4, 0.5) is 5.69 Å². The van der Waals surface area contributed by atoms with Crippen LogP contribution >= 0.6 is 15.9 Å². The molecule has 5 heteroatoms. The smallest absolute Gasteiger partial charge is 0.251 e. The third kappa shape index (κ3) is 2.77. The Hall–Kier alpha value is -1.46. The molecular weight excluding hydrogens is 308 g/mol. The summed E-state index contributed by atoms with van der Waals surface area (Å²) in [6, 6.07) is 6.76. The third-order valence-electron chi connectivity index (χ3n) is 3.16. The van der Waals surface area contributed by atoms with Gasteiger partial charge in [-0.2, -0.15) is 0 Å². The number of likely N-dealkylation sites (N-methyl/N-ethyl adjacent to an activating group) is 1. The number of nitrogens with zero attached hydrogens (tertiary/aromatic N) is 2. The molecule has 0 spiro atoms. The summed E-state index contributed by atoms with van der Waals surface area (Å²) in [5.74, 6) is -0.329. The molecule has 1 heterocycles. The van der Waals surface area contributed by atoms with Gasteiger partial charge in [0.25, 0.3) is 5.91 Å². The lowest BCUT2D eigenvalue weighted by atomic mass is 10.2. The lowest BCUT2D eigenvalue weighted by molar-refractivity contribution is -0.122. The third-order valence-corrected chi connectivity index (χ3v) is 3.69. The van der Waals surface area contributed by atoms with Crippen LogP contribution < -0.4 is 4.90 Å². The van der Waals surface area contributed by atoms with Gasteiger partial charge in [-0.1, -0.05) is 22.0 Å². The van der Waals surface area contributed by atoms with Gasteiger partial charge in [0.2, 0.25) is 5.91 Å². The number of rotatable bonds is 4. The van der Waals surface area contributed by atoms with Gasteiger partial charge in [0.15, 0.2) is 0 Å². The first-order valence-electron chi connectivity index (χ1n) is 5.98. The van der Waals surface area contributed by atoms with E-state index >= 15 is 0 Å². The molecule has 100 valence electrons. The van der Waals surface area contributed by atoms with Gasteiger partial charge in [-0.25, -0.2) is 4.90 Å². The van der Waals surface area contributed by atoms with Gasteiger partial charge < -0.3 is 0 Å². The number of carbonyl (C=O) groups is 2. The van der Waals surface area contributed by atoms with Crippen molar-refractivity contribution in [2.75, 3.05) is 18.5 Å². The van der Waals surface area contributed by atoms with Crippen LogP contribution in [-0.2, 0) is 9.59 Å². The van der Waals surface area contributed by atoms with Crippen LogP contribution in [0.1, 0.15) is 6.42 Å². The maximum atomic E-state index is 12.3. The Labute approximate surface area is 120 Å². The van der Waals surface area contributed by atoms with Gasteiger partial charge in [0.05, 0.1) is 18.2 Å². The zero-order valence-electron chi connectivity index (χ0n) is 10.7. The van der Waals surface area contributed by atoms with Gasteiger partial charge in [0, 0.05) is 11.0 Å². The van der Waals surface area contributed by atoms with E-state index in [1.165, 1.54) is 4.90 Å². The van der Waals surface area contributed by atoms with Gasteiger partial charge in [-0.3, -0.25) is 14.5 Å². The van der Waals surface area contributed by atoms with Crippen molar-refractivity contribution < 1.29 is 9.59 Å². The summed E-state index contributed by atoms with van der Waals surface area (Å²) in [7, 11) is 1.82. The first-order valence-corrected chi connectivity index (χ1v) is 6.77. The fraction of sp³-hybridized carbons (Fsp3) is 0.286. The van der Waals surface area contributed by atoms with E-state index in [0.717, 1.165) is 4.47 Å². The Morgan fingerprint density at radius 2 is 2.05 bits per heavy atom. The molecule has 1 aliphatic heterocycles. The minimum atomic E-state index is -0.394. The van der Waals surface area contributed by atoms with E-state index in [1.807, 2.05) is 24.1 Å². The average Bonchev–Trinajstić information content (AvgIpc) is 2.67. The summed E-state index contributed by atoms with van der Waals surface area (Å²) < 4.78 is 0.913. The summed E-state index contributed by atoms with van der Waals surface area (Å²) >= 11 is 3.33. The first kappa shape index (κ1) is 14.0. The van der Waals surface area contributed by atoms with Crippen molar-refractivity contribution in [3.63, 3.8) is 0 Å². The Balaban J connectivity index is 2.23. The van der Waals surface area contributed by atoms with Crippen molar-refractivity contribution in [3.8, 4) is 0 Å². The fourth-order valence-corrected chi connectivity index (χ4v) is 2.42. The molecule has 1 unspecified atom stereocenters. The number of hydrogen-bond acceptors (Lipinski definition) is 3. The Morgan fingerprint density at radius 1 is 1.42 bits per heavy atom. The topological polar surface area (TPSA) is 40.6 Å². The van der Waals surface area contributed by atoms with Crippen LogP contribution in [0.2, 0.25) is 0 Å². The Kier molecular flexibility index (Phi) is 4.17. The van der Waals surface area contributed by atoms with Crippen molar-refractivity contribution in [1.29, 1.82) is 0 Å². The number of amides is 2. The standard InChI is InChI=1S/C14H15BrN2O2/c1-3-8-16(2)12-9-13(18)17(14(12)19)11-6-4-10(15)5-7-11/h3-7,12H,1,8-9H2,2H3. The largest absolute Gasteiger partial charge is 0.291 e. The van der Waals surface area contributed by atoms with Gasteiger partial charge >= 0.3 is 0 Å². The van der Waals surface area contributed by atoms with Gasteiger partial charge in [-0.15, -0.1) is 6.58 Å². The van der Waals surface area contributed by atoms with E-state index in [9.17, 15) is 9.59 Å². The lowest BCUT2D eigenvalue weighted by Crippen LogP contribution is -2.40. The summed E-state index contributed by atoms with van der Waals surface area (Å²) in [6.07, 6.45) is 1.94. The molecule has 4 nitrogen and oxygen atoms in total. The normalized spacial score (nSPS) is 19.3. The second-order valence-electron chi connectivity index (χ2n) is 4.49. The molecule has 0 saturated carbocycles. The molecule has 1 fully saturated rings. The molecule has 19 heavy (non-hydrogen) atoms. The molecule has 1 aromatic rings. The van der Waals surface area contributed by atoms with Crippen molar-refractivity contribution >= 4 is 33.4 Å². The van der Waals surface area contributed by atoms with E-state index in [2.05, 4.69) is 22.5 Å². The van der Waals surface area contributed by atoms with E-state index in [1.54, 1.807) is 18.2 Å². The van der Waals surface area contributed by atoms with E-state index in [4.69, 9.17) is 0 Å². The molecular formula is C14H15BrN2O2. The molecule has 0 aromatic heterocycles. The van der Waals surface area contributed by atoms with Crippen molar-refractivity contribution in [1.82, 2.24) is 4.90 Å².